The average Bonchev–Trinajstić information content (AvgIpc) is 2.38. The lowest BCUT2D eigenvalue weighted by atomic mass is 10.1. The zero-order valence-electron chi connectivity index (χ0n) is 9.94. The third kappa shape index (κ3) is 3.37. The number of alkyl halides is 1. The van der Waals surface area contributed by atoms with Gasteiger partial charge >= 0.3 is 0 Å². The largest absolute Gasteiger partial charge is 0.377 e. The quantitative estimate of drug-likeness (QED) is 0.799. The number of rotatable bonds is 3. The molecule has 1 aromatic rings. The Kier molecular flexibility index (Phi) is 4.87. The van der Waals surface area contributed by atoms with E-state index in [4.69, 9.17) is 27.9 Å². The van der Waals surface area contributed by atoms with Crippen LogP contribution >= 0.6 is 23.2 Å². The van der Waals surface area contributed by atoms with Crippen LogP contribution in [0.5, 0.6) is 0 Å². The Morgan fingerprint density at radius 3 is 3.06 bits per heavy atom. The van der Waals surface area contributed by atoms with Crippen LogP contribution < -0.4 is 0 Å². The number of benzene rings is 1. The molecule has 2 rings (SSSR count). The van der Waals surface area contributed by atoms with Crippen molar-refractivity contribution < 1.29 is 9.53 Å². The van der Waals surface area contributed by atoms with Crippen LogP contribution in [0.3, 0.4) is 0 Å². The first-order chi connectivity index (χ1) is 8.70. The topological polar surface area (TPSA) is 29.5 Å². The van der Waals surface area contributed by atoms with Gasteiger partial charge < -0.3 is 9.64 Å². The minimum Gasteiger partial charge on any atom is -0.377 e. The fraction of sp³-hybridized carbons (Fsp3) is 0.462. The van der Waals surface area contributed by atoms with Gasteiger partial charge in [0.25, 0.3) is 0 Å². The van der Waals surface area contributed by atoms with Crippen molar-refractivity contribution in [2.24, 2.45) is 0 Å². The van der Waals surface area contributed by atoms with Gasteiger partial charge in [-0.3, -0.25) is 4.79 Å². The van der Waals surface area contributed by atoms with Gasteiger partial charge in [-0.25, -0.2) is 0 Å². The molecule has 0 radical (unpaired) electrons. The molecule has 0 saturated carbocycles. The van der Waals surface area contributed by atoms with E-state index in [0.29, 0.717) is 37.1 Å². The Balaban J connectivity index is 2.02. The van der Waals surface area contributed by atoms with Gasteiger partial charge in [-0.1, -0.05) is 23.7 Å². The van der Waals surface area contributed by atoms with Crippen molar-refractivity contribution in [1.29, 1.82) is 0 Å². The lowest BCUT2D eigenvalue weighted by molar-refractivity contribution is -0.138. The molecule has 1 atom stereocenters. The average molecular weight is 288 g/mol. The van der Waals surface area contributed by atoms with Crippen LogP contribution in [0.1, 0.15) is 5.56 Å². The maximum absolute atomic E-state index is 12.2. The van der Waals surface area contributed by atoms with Gasteiger partial charge in [-0.05, 0) is 17.7 Å². The number of hydrogen-bond donors (Lipinski definition) is 0. The highest BCUT2D eigenvalue weighted by Gasteiger charge is 2.26. The van der Waals surface area contributed by atoms with E-state index < -0.39 is 0 Å². The molecule has 1 amide bonds. The summed E-state index contributed by atoms with van der Waals surface area (Å²) >= 11 is 11.8. The van der Waals surface area contributed by atoms with E-state index in [0.717, 1.165) is 5.56 Å². The first kappa shape index (κ1) is 13.7. The molecule has 1 aliphatic rings. The number of amides is 1. The van der Waals surface area contributed by atoms with E-state index >= 15 is 0 Å². The molecule has 98 valence electrons. The number of carbonyl (C=O) groups excluding carboxylic acids is 1. The summed E-state index contributed by atoms with van der Waals surface area (Å²) in [6.45, 7) is 1.70. The molecule has 1 aliphatic heterocycles. The van der Waals surface area contributed by atoms with Crippen LogP contribution in [0.2, 0.25) is 5.02 Å². The molecule has 0 aliphatic carbocycles. The first-order valence-corrected chi connectivity index (χ1v) is 6.79. The lowest BCUT2D eigenvalue weighted by Crippen LogP contribution is -2.50. The SMILES string of the molecule is O=C(Cc1cccc(Cl)c1)N1CCOCC1CCl. The summed E-state index contributed by atoms with van der Waals surface area (Å²) in [7, 11) is 0. The molecule has 18 heavy (non-hydrogen) atoms. The Morgan fingerprint density at radius 1 is 1.50 bits per heavy atom. The molecule has 1 unspecified atom stereocenters. The summed E-state index contributed by atoms with van der Waals surface area (Å²) in [6, 6.07) is 7.34. The third-order valence-electron chi connectivity index (χ3n) is 2.97. The number of halogens is 2. The van der Waals surface area contributed by atoms with Crippen LogP contribution in [0, 0.1) is 0 Å². The van der Waals surface area contributed by atoms with Gasteiger partial charge in [0.2, 0.25) is 5.91 Å². The molecule has 0 spiro atoms. The van der Waals surface area contributed by atoms with Crippen LogP contribution in [-0.2, 0) is 16.0 Å². The number of carbonyl (C=O) groups is 1. The molecule has 0 N–H and O–H groups in total. The number of ether oxygens (including phenoxy) is 1. The maximum atomic E-state index is 12.2. The predicted molar refractivity (Wildman–Crippen MR) is 72.2 cm³/mol. The van der Waals surface area contributed by atoms with E-state index in [1.165, 1.54) is 0 Å². The highest BCUT2D eigenvalue weighted by molar-refractivity contribution is 6.30. The fourth-order valence-corrected chi connectivity index (χ4v) is 2.50. The third-order valence-corrected chi connectivity index (χ3v) is 3.56. The van der Waals surface area contributed by atoms with Gasteiger partial charge in [0.15, 0.2) is 0 Å². The zero-order valence-corrected chi connectivity index (χ0v) is 11.5. The second-order valence-corrected chi connectivity index (χ2v) is 5.02. The molecular weight excluding hydrogens is 273 g/mol. The molecule has 0 bridgehead atoms. The van der Waals surface area contributed by atoms with E-state index in [-0.39, 0.29) is 11.9 Å². The Labute approximate surface area is 117 Å². The van der Waals surface area contributed by atoms with Crippen LogP contribution in [0.25, 0.3) is 0 Å². The molecule has 1 aromatic carbocycles. The molecular formula is C13H15Cl2NO2. The summed E-state index contributed by atoms with van der Waals surface area (Å²) in [5.41, 5.74) is 0.923. The second kappa shape index (κ2) is 6.41. The monoisotopic (exact) mass is 287 g/mol. The number of hydrogen-bond acceptors (Lipinski definition) is 2. The van der Waals surface area contributed by atoms with Crippen molar-refractivity contribution in [1.82, 2.24) is 4.90 Å². The molecule has 1 saturated heterocycles. The zero-order chi connectivity index (χ0) is 13.0. The highest BCUT2D eigenvalue weighted by atomic mass is 35.5. The Morgan fingerprint density at radius 2 is 2.33 bits per heavy atom. The summed E-state index contributed by atoms with van der Waals surface area (Å²) < 4.78 is 5.32. The van der Waals surface area contributed by atoms with Gasteiger partial charge in [-0.15, -0.1) is 11.6 Å². The van der Waals surface area contributed by atoms with E-state index in [9.17, 15) is 4.79 Å². The van der Waals surface area contributed by atoms with Gasteiger partial charge in [-0.2, -0.15) is 0 Å². The lowest BCUT2D eigenvalue weighted by Gasteiger charge is -2.34. The molecule has 5 heteroatoms. The Bertz CT molecular complexity index is 425. The predicted octanol–water partition coefficient (Wildman–Crippen LogP) is 2.35. The number of nitrogens with zero attached hydrogens (tertiary/aromatic N) is 1. The molecule has 1 fully saturated rings. The van der Waals surface area contributed by atoms with Crippen LogP contribution in [0.15, 0.2) is 24.3 Å². The van der Waals surface area contributed by atoms with Crippen molar-refractivity contribution in [3.63, 3.8) is 0 Å². The van der Waals surface area contributed by atoms with Gasteiger partial charge in [0.1, 0.15) is 0 Å². The van der Waals surface area contributed by atoms with E-state index in [2.05, 4.69) is 0 Å². The minimum atomic E-state index is -0.0212. The Hall–Kier alpha value is -0.770. The minimum absolute atomic E-state index is 0.0212. The molecule has 0 aromatic heterocycles. The van der Waals surface area contributed by atoms with Crippen molar-refractivity contribution >= 4 is 29.1 Å². The molecule has 1 heterocycles. The second-order valence-electron chi connectivity index (χ2n) is 4.28. The maximum Gasteiger partial charge on any atom is 0.227 e. The highest BCUT2D eigenvalue weighted by Crippen LogP contribution is 2.14. The standard InChI is InChI=1S/C13H15Cl2NO2/c14-8-12-9-18-5-4-16(12)13(17)7-10-2-1-3-11(15)6-10/h1-3,6,12H,4-5,7-9H2. The van der Waals surface area contributed by atoms with Crippen molar-refractivity contribution in [2.75, 3.05) is 25.6 Å². The van der Waals surface area contributed by atoms with E-state index in [1.807, 2.05) is 18.2 Å². The summed E-state index contributed by atoms with van der Waals surface area (Å²) in [6.07, 6.45) is 0.355. The normalized spacial score (nSPS) is 19.9. The van der Waals surface area contributed by atoms with Crippen molar-refractivity contribution in [3.05, 3.63) is 34.9 Å². The van der Waals surface area contributed by atoms with Crippen LogP contribution in [0.4, 0.5) is 0 Å². The van der Waals surface area contributed by atoms with Crippen LogP contribution in [-0.4, -0.2) is 42.5 Å². The van der Waals surface area contributed by atoms with Crippen molar-refractivity contribution in [2.45, 2.75) is 12.5 Å². The number of morpholine rings is 1. The summed E-state index contributed by atoms with van der Waals surface area (Å²) in [4.78, 5) is 14.0. The summed E-state index contributed by atoms with van der Waals surface area (Å²) in [5, 5.41) is 0.649. The smallest absolute Gasteiger partial charge is 0.227 e. The molecule has 3 nitrogen and oxygen atoms in total. The summed E-state index contributed by atoms with van der Waals surface area (Å²) in [5.74, 6) is 0.479. The van der Waals surface area contributed by atoms with E-state index in [1.54, 1.807) is 11.0 Å². The van der Waals surface area contributed by atoms with Gasteiger partial charge in [0, 0.05) is 17.4 Å². The van der Waals surface area contributed by atoms with Gasteiger partial charge in [0.05, 0.1) is 25.7 Å². The van der Waals surface area contributed by atoms with Crippen molar-refractivity contribution in [3.8, 4) is 0 Å². The first-order valence-electron chi connectivity index (χ1n) is 5.88. The fourth-order valence-electron chi connectivity index (χ4n) is 2.03.